The standard InChI is InChI=1S/C22H19BrN2O4S/c1-27-12-11-25(22-24-18-7-2-3-8-20(18)30-22)21(26)19-10-9-17(29-19)14-28-16-6-4-5-15(23)13-16/h2-10,13H,11-12,14H2,1H3. The number of methoxy groups -OCH3 is 1. The lowest BCUT2D eigenvalue weighted by Crippen LogP contribution is -2.33. The number of para-hydroxylation sites is 1. The molecule has 0 fully saturated rings. The Bertz CT molecular complexity index is 1120. The van der Waals surface area contributed by atoms with Crippen molar-refractivity contribution in [1.29, 1.82) is 0 Å². The quantitative estimate of drug-likeness (QED) is 0.327. The summed E-state index contributed by atoms with van der Waals surface area (Å²) in [7, 11) is 1.60. The molecule has 0 aliphatic carbocycles. The third kappa shape index (κ3) is 4.72. The van der Waals surface area contributed by atoms with E-state index in [2.05, 4.69) is 20.9 Å². The van der Waals surface area contributed by atoms with E-state index < -0.39 is 0 Å². The maximum Gasteiger partial charge on any atom is 0.295 e. The van der Waals surface area contributed by atoms with Crippen molar-refractivity contribution in [3.63, 3.8) is 0 Å². The molecule has 0 saturated carbocycles. The Balaban J connectivity index is 1.51. The van der Waals surface area contributed by atoms with Gasteiger partial charge >= 0.3 is 0 Å². The second-order valence-corrected chi connectivity index (χ2v) is 8.35. The summed E-state index contributed by atoms with van der Waals surface area (Å²) in [6.07, 6.45) is 0. The average molecular weight is 487 g/mol. The number of amides is 1. The summed E-state index contributed by atoms with van der Waals surface area (Å²) in [6.45, 7) is 0.990. The summed E-state index contributed by atoms with van der Waals surface area (Å²) in [6, 6.07) is 18.8. The zero-order chi connectivity index (χ0) is 20.9. The molecule has 4 aromatic rings. The molecule has 2 aromatic carbocycles. The van der Waals surface area contributed by atoms with Crippen LogP contribution in [0, 0.1) is 0 Å². The van der Waals surface area contributed by atoms with Crippen molar-refractivity contribution < 1.29 is 18.7 Å². The lowest BCUT2D eigenvalue weighted by molar-refractivity contribution is 0.0945. The second kappa shape index (κ2) is 9.42. The van der Waals surface area contributed by atoms with E-state index in [1.54, 1.807) is 24.1 Å². The summed E-state index contributed by atoms with van der Waals surface area (Å²) < 4.78 is 18.6. The van der Waals surface area contributed by atoms with Gasteiger partial charge < -0.3 is 13.9 Å². The zero-order valence-corrected chi connectivity index (χ0v) is 18.6. The summed E-state index contributed by atoms with van der Waals surface area (Å²) >= 11 is 4.88. The lowest BCUT2D eigenvalue weighted by atomic mass is 10.3. The van der Waals surface area contributed by atoms with E-state index in [9.17, 15) is 4.79 Å². The third-order valence-electron chi connectivity index (χ3n) is 4.33. The number of rotatable bonds is 8. The van der Waals surface area contributed by atoms with Gasteiger partial charge in [-0.2, -0.15) is 0 Å². The number of aromatic nitrogens is 1. The van der Waals surface area contributed by atoms with Crippen molar-refractivity contribution in [3.8, 4) is 5.75 Å². The molecule has 2 heterocycles. The minimum atomic E-state index is -0.264. The SMILES string of the molecule is COCCN(C(=O)c1ccc(COc2cccc(Br)c2)o1)c1nc2ccccc2s1. The monoisotopic (exact) mass is 486 g/mol. The summed E-state index contributed by atoms with van der Waals surface area (Å²) in [5.41, 5.74) is 0.857. The van der Waals surface area contributed by atoms with Crippen molar-refractivity contribution in [1.82, 2.24) is 4.98 Å². The van der Waals surface area contributed by atoms with E-state index in [-0.39, 0.29) is 18.3 Å². The van der Waals surface area contributed by atoms with Crippen LogP contribution < -0.4 is 9.64 Å². The zero-order valence-electron chi connectivity index (χ0n) is 16.2. The molecule has 154 valence electrons. The number of carbonyl (C=O) groups is 1. The summed E-state index contributed by atoms with van der Waals surface area (Å²) in [5.74, 6) is 1.25. The van der Waals surface area contributed by atoms with E-state index in [0.29, 0.717) is 29.8 Å². The Morgan fingerprint density at radius 3 is 2.83 bits per heavy atom. The van der Waals surface area contributed by atoms with Crippen LogP contribution >= 0.6 is 27.3 Å². The minimum absolute atomic E-state index is 0.225. The molecule has 0 bridgehead atoms. The van der Waals surface area contributed by atoms with E-state index in [1.165, 1.54) is 11.3 Å². The molecule has 0 aliphatic rings. The van der Waals surface area contributed by atoms with Gasteiger partial charge in [-0.25, -0.2) is 4.98 Å². The van der Waals surface area contributed by atoms with Crippen molar-refractivity contribution in [2.45, 2.75) is 6.61 Å². The van der Waals surface area contributed by atoms with Crippen LogP contribution in [-0.4, -0.2) is 31.2 Å². The molecular formula is C22H19BrN2O4S. The highest BCUT2D eigenvalue weighted by Gasteiger charge is 2.24. The highest BCUT2D eigenvalue weighted by atomic mass is 79.9. The fraction of sp³-hybridized carbons (Fsp3) is 0.182. The molecule has 30 heavy (non-hydrogen) atoms. The van der Waals surface area contributed by atoms with E-state index in [1.807, 2.05) is 48.5 Å². The van der Waals surface area contributed by atoms with Crippen molar-refractivity contribution >= 4 is 48.5 Å². The highest BCUT2D eigenvalue weighted by molar-refractivity contribution is 9.10. The topological polar surface area (TPSA) is 64.8 Å². The Kier molecular flexibility index (Phi) is 6.47. The molecule has 8 heteroatoms. The average Bonchev–Trinajstić information content (AvgIpc) is 3.39. The maximum absolute atomic E-state index is 13.2. The Hall–Kier alpha value is -2.68. The number of fused-ring (bicyclic) bond motifs is 1. The first kappa shape index (κ1) is 20.6. The summed E-state index contributed by atoms with van der Waals surface area (Å²) in [5, 5.41) is 0.613. The summed E-state index contributed by atoms with van der Waals surface area (Å²) in [4.78, 5) is 19.3. The van der Waals surface area contributed by atoms with E-state index in [0.717, 1.165) is 14.7 Å². The number of hydrogen-bond donors (Lipinski definition) is 0. The number of thiazole rings is 1. The number of halogens is 1. The molecule has 0 saturated heterocycles. The van der Waals surface area contributed by atoms with Crippen LogP contribution in [0.5, 0.6) is 5.75 Å². The molecular weight excluding hydrogens is 468 g/mol. The number of hydrogen-bond acceptors (Lipinski definition) is 6. The van der Waals surface area contributed by atoms with Gasteiger partial charge in [0, 0.05) is 11.6 Å². The van der Waals surface area contributed by atoms with Crippen LogP contribution in [0.3, 0.4) is 0 Å². The van der Waals surface area contributed by atoms with Crippen LogP contribution in [0.25, 0.3) is 10.2 Å². The largest absolute Gasteiger partial charge is 0.486 e. The maximum atomic E-state index is 13.2. The molecule has 0 atom stereocenters. The molecule has 0 radical (unpaired) electrons. The fourth-order valence-electron chi connectivity index (χ4n) is 2.86. The van der Waals surface area contributed by atoms with Crippen molar-refractivity contribution in [2.24, 2.45) is 0 Å². The Morgan fingerprint density at radius 1 is 1.17 bits per heavy atom. The van der Waals surface area contributed by atoms with Gasteiger partial charge in [-0.05, 0) is 42.5 Å². The molecule has 4 rings (SSSR count). The third-order valence-corrected chi connectivity index (χ3v) is 5.88. The molecule has 6 nitrogen and oxygen atoms in total. The number of ether oxygens (including phenoxy) is 2. The van der Waals surface area contributed by atoms with Crippen LogP contribution in [0.1, 0.15) is 16.3 Å². The van der Waals surface area contributed by atoms with Crippen LogP contribution in [0.15, 0.2) is 69.6 Å². The second-order valence-electron chi connectivity index (χ2n) is 6.43. The van der Waals surface area contributed by atoms with Gasteiger partial charge in [0.25, 0.3) is 5.91 Å². The van der Waals surface area contributed by atoms with E-state index >= 15 is 0 Å². The molecule has 0 unspecified atom stereocenters. The molecule has 2 aromatic heterocycles. The number of carbonyl (C=O) groups excluding carboxylic acids is 1. The Labute approximate surface area is 186 Å². The van der Waals surface area contributed by atoms with Crippen LogP contribution in [0.2, 0.25) is 0 Å². The Morgan fingerprint density at radius 2 is 2.03 bits per heavy atom. The van der Waals surface area contributed by atoms with Gasteiger partial charge in [0.1, 0.15) is 18.1 Å². The number of anilines is 1. The van der Waals surface area contributed by atoms with Crippen molar-refractivity contribution in [3.05, 3.63) is 76.7 Å². The first-order valence-corrected chi connectivity index (χ1v) is 10.9. The molecule has 0 spiro atoms. The van der Waals surface area contributed by atoms with Gasteiger partial charge in [-0.15, -0.1) is 0 Å². The highest BCUT2D eigenvalue weighted by Crippen LogP contribution is 2.30. The first-order chi connectivity index (χ1) is 14.6. The predicted molar refractivity (Wildman–Crippen MR) is 120 cm³/mol. The van der Waals surface area contributed by atoms with E-state index in [4.69, 9.17) is 13.9 Å². The van der Waals surface area contributed by atoms with Gasteiger partial charge in [0.2, 0.25) is 0 Å². The van der Waals surface area contributed by atoms with Gasteiger partial charge in [0.15, 0.2) is 10.9 Å². The molecule has 0 aliphatic heterocycles. The minimum Gasteiger partial charge on any atom is -0.486 e. The van der Waals surface area contributed by atoms with Gasteiger partial charge in [-0.3, -0.25) is 9.69 Å². The lowest BCUT2D eigenvalue weighted by Gasteiger charge is -2.18. The van der Waals surface area contributed by atoms with Crippen molar-refractivity contribution in [2.75, 3.05) is 25.2 Å². The molecule has 0 N–H and O–H groups in total. The normalized spacial score (nSPS) is 11.0. The number of furan rings is 1. The van der Waals surface area contributed by atoms with Crippen LogP contribution in [0.4, 0.5) is 5.13 Å². The smallest absolute Gasteiger partial charge is 0.295 e. The predicted octanol–water partition coefficient (Wildman–Crippen LogP) is 5.52. The number of benzene rings is 2. The van der Waals surface area contributed by atoms with Gasteiger partial charge in [-0.1, -0.05) is 45.5 Å². The fourth-order valence-corrected chi connectivity index (χ4v) is 4.22. The van der Waals surface area contributed by atoms with Crippen LogP contribution in [-0.2, 0) is 11.3 Å². The first-order valence-electron chi connectivity index (χ1n) is 9.27. The molecule has 1 amide bonds. The number of nitrogens with zero attached hydrogens (tertiary/aromatic N) is 2. The van der Waals surface area contributed by atoms with Gasteiger partial charge in [0.05, 0.1) is 23.4 Å².